The van der Waals surface area contributed by atoms with Crippen molar-refractivity contribution >= 4 is 37.5 Å². The van der Waals surface area contributed by atoms with Gasteiger partial charge in [-0.05, 0) is 44.3 Å². The first kappa shape index (κ1) is 18.3. The Morgan fingerprint density at radius 1 is 1.33 bits per heavy atom. The second-order valence-electron chi connectivity index (χ2n) is 5.01. The third kappa shape index (κ3) is 6.29. The molecule has 0 heterocycles. The molecule has 0 aliphatic carbocycles. The molecule has 6 nitrogen and oxygen atoms in total. The highest BCUT2D eigenvalue weighted by molar-refractivity contribution is 9.11. The predicted octanol–water partition coefficient (Wildman–Crippen LogP) is 3.11. The van der Waals surface area contributed by atoms with Crippen LogP contribution in [0.2, 0.25) is 0 Å². The van der Waals surface area contributed by atoms with E-state index in [1.54, 1.807) is 0 Å². The Morgan fingerprint density at radius 2 is 1.90 bits per heavy atom. The molecule has 0 saturated carbocycles. The highest BCUT2D eigenvalue weighted by atomic mass is 79.9. The van der Waals surface area contributed by atoms with E-state index in [1.807, 2.05) is 0 Å². The van der Waals surface area contributed by atoms with Crippen molar-refractivity contribution in [1.29, 1.82) is 0 Å². The first-order valence-electron chi connectivity index (χ1n) is 6.46. The zero-order valence-corrected chi connectivity index (χ0v) is 15.0. The monoisotopic (exact) mass is 424 g/mol. The summed E-state index contributed by atoms with van der Waals surface area (Å²) >= 11 is 6.46. The lowest BCUT2D eigenvalue weighted by Crippen LogP contribution is -2.33. The largest absolute Gasteiger partial charge is 0.488 e. The molecule has 118 valence electrons. The highest BCUT2D eigenvalue weighted by Crippen LogP contribution is 2.37. The Hall–Kier alpha value is -0.700. The molecule has 0 amide bonds. The minimum Gasteiger partial charge on any atom is -0.488 e. The molecule has 0 fully saturated rings. The summed E-state index contributed by atoms with van der Waals surface area (Å²) in [6.45, 7) is 5.52. The zero-order valence-electron chi connectivity index (χ0n) is 11.8. The summed E-state index contributed by atoms with van der Waals surface area (Å²) in [5, 5.41) is 23.7. The van der Waals surface area contributed by atoms with Gasteiger partial charge in [0.2, 0.25) is 0 Å². The molecule has 2 N–H and O–H groups in total. The molecule has 8 heteroatoms. The van der Waals surface area contributed by atoms with Crippen LogP contribution in [0.3, 0.4) is 0 Å². The topological polar surface area (TPSA) is 84.6 Å². The number of ether oxygens (including phenoxy) is 1. The maximum atomic E-state index is 10.7. The van der Waals surface area contributed by atoms with Crippen molar-refractivity contribution in [3.05, 3.63) is 31.2 Å². The Balaban J connectivity index is 2.57. The lowest BCUT2D eigenvalue weighted by molar-refractivity contribution is -0.385. The number of aliphatic hydroxyl groups excluding tert-OH is 1. The van der Waals surface area contributed by atoms with Crippen molar-refractivity contribution in [3.8, 4) is 5.75 Å². The Bertz CT molecular complexity index is 474. The minimum atomic E-state index is -0.655. The SMILES string of the molecule is CC(C)CNCC(O)COc1c(Br)cc([N+](=O)[O-])cc1Br. The van der Waals surface area contributed by atoms with Gasteiger partial charge in [-0.25, -0.2) is 0 Å². The van der Waals surface area contributed by atoms with E-state index in [2.05, 4.69) is 51.0 Å². The van der Waals surface area contributed by atoms with Crippen LogP contribution in [0.4, 0.5) is 5.69 Å². The number of nitrogens with zero attached hydrogens (tertiary/aromatic N) is 1. The van der Waals surface area contributed by atoms with Gasteiger partial charge in [0.1, 0.15) is 18.5 Å². The standard InChI is InChI=1S/C13H18Br2N2O4/c1-8(2)5-16-6-10(18)7-21-13-11(14)3-9(17(19)20)4-12(13)15/h3-4,8,10,16,18H,5-7H2,1-2H3. The summed E-state index contributed by atoms with van der Waals surface area (Å²) in [4.78, 5) is 10.2. The van der Waals surface area contributed by atoms with Crippen LogP contribution < -0.4 is 10.1 Å². The van der Waals surface area contributed by atoms with Crippen LogP contribution in [-0.2, 0) is 0 Å². The molecular formula is C13H18Br2N2O4. The van der Waals surface area contributed by atoms with Gasteiger partial charge in [0.15, 0.2) is 0 Å². The normalized spacial score (nSPS) is 12.5. The zero-order chi connectivity index (χ0) is 16.0. The number of halogens is 2. The molecule has 1 aromatic rings. The van der Waals surface area contributed by atoms with Gasteiger partial charge in [0.25, 0.3) is 5.69 Å². The molecule has 0 radical (unpaired) electrons. The van der Waals surface area contributed by atoms with E-state index in [0.29, 0.717) is 27.2 Å². The molecule has 0 spiro atoms. The number of non-ortho nitro benzene ring substituents is 1. The van der Waals surface area contributed by atoms with Crippen LogP contribution >= 0.6 is 31.9 Å². The fourth-order valence-corrected chi connectivity index (χ4v) is 2.96. The number of hydrogen-bond acceptors (Lipinski definition) is 5. The number of nitrogens with one attached hydrogen (secondary N) is 1. The van der Waals surface area contributed by atoms with Gasteiger partial charge in [0, 0.05) is 18.7 Å². The van der Waals surface area contributed by atoms with Crippen LogP contribution in [0.5, 0.6) is 5.75 Å². The van der Waals surface area contributed by atoms with E-state index in [1.165, 1.54) is 12.1 Å². The van der Waals surface area contributed by atoms with E-state index in [9.17, 15) is 15.2 Å². The first-order chi connectivity index (χ1) is 9.81. The highest BCUT2D eigenvalue weighted by Gasteiger charge is 2.16. The van der Waals surface area contributed by atoms with E-state index in [0.717, 1.165) is 6.54 Å². The van der Waals surface area contributed by atoms with Crippen molar-refractivity contribution < 1.29 is 14.8 Å². The Morgan fingerprint density at radius 3 is 2.38 bits per heavy atom. The van der Waals surface area contributed by atoms with Crippen LogP contribution in [0, 0.1) is 16.0 Å². The van der Waals surface area contributed by atoms with Crippen molar-refractivity contribution in [3.63, 3.8) is 0 Å². The second-order valence-corrected chi connectivity index (χ2v) is 6.72. The quantitative estimate of drug-likeness (QED) is 0.493. The van der Waals surface area contributed by atoms with Crippen molar-refractivity contribution in [2.75, 3.05) is 19.7 Å². The number of aliphatic hydroxyl groups is 1. The molecule has 1 unspecified atom stereocenters. The second kappa shape index (κ2) is 8.67. The number of nitro benzene ring substituents is 1. The number of nitro groups is 1. The molecular weight excluding hydrogens is 408 g/mol. The Labute approximate surface area is 140 Å². The van der Waals surface area contributed by atoms with Crippen molar-refractivity contribution in [2.24, 2.45) is 5.92 Å². The molecule has 0 aliphatic rings. The first-order valence-corrected chi connectivity index (χ1v) is 8.04. The Kier molecular flexibility index (Phi) is 7.58. The lowest BCUT2D eigenvalue weighted by atomic mass is 10.2. The summed E-state index contributed by atoms with van der Waals surface area (Å²) in [6, 6.07) is 2.73. The third-order valence-corrected chi connectivity index (χ3v) is 3.72. The molecule has 1 rings (SSSR count). The van der Waals surface area contributed by atoms with Gasteiger partial charge in [-0.3, -0.25) is 10.1 Å². The van der Waals surface area contributed by atoms with Gasteiger partial charge >= 0.3 is 0 Å². The summed E-state index contributed by atoms with van der Waals surface area (Å²) in [6.07, 6.45) is -0.655. The summed E-state index contributed by atoms with van der Waals surface area (Å²) in [5.74, 6) is 0.944. The van der Waals surface area contributed by atoms with Crippen LogP contribution in [0.1, 0.15) is 13.8 Å². The van der Waals surface area contributed by atoms with E-state index >= 15 is 0 Å². The summed E-state index contributed by atoms with van der Waals surface area (Å²) in [5.41, 5.74) is -0.0414. The molecule has 1 atom stereocenters. The van der Waals surface area contributed by atoms with Gasteiger partial charge < -0.3 is 15.2 Å². The maximum absolute atomic E-state index is 10.7. The van der Waals surface area contributed by atoms with Crippen molar-refractivity contribution in [2.45, 2.75) is 20.0 Å². The predicted molar refractivity (Wildman–Crippen MR) is 87.7 cm³/mol. The molecule has 0 saturated heterocycles. The maximum Gasteiger partial charge on any atom is 0.271 e. The summed E-state index contributed by atoms with van der Waals surface area (Å²) < 4.78 is 6.44. The molecule has 1 aromatic carbocycles. The lowest BCUT2D eigenvalue weighted by Gasteiger charge is -2.15. The molecule has 0 aromatic heterocycles. The van der Waals surface area contributed by atoms with E-state index in [4.69, 9.17) is 4.74 Å². The number of hydrogen-bond donors (Lipinski definition) is 2. The fraction of sp³-hybridized carbons (Fsp3) is 0.538. The number of benzene rings is 1. The fourth-order valence-electron chi connectivity index (χ4n) is 1.57. The molecule has 0 aliphatic heterocycles. The third-order valence-electron chi connectivity index (χ3n) is 2.55. The van der Waals surface area contributed by atoms with Crippen LogP contribution in [0.25, 0.3) is 0 Å². The van der Waals surface area contributed by atoms with Crippen LogP contribution in [-0.4, -0.2) is 35.8 Å². The number of rotatable bonds is 8. The van der Waals surface area contributed by atoms with E-state index < -0.39 is 11.0 Å². The van der Waals surface area contributed by atoms with Gasteiger partial charge in [-0.15, -0.1) is 0 Å². The van der Waals surface area contributed by atoms with Gasteiger partial charge in [-0.1, -0.05) is 13.8 Å². The average Bonchev–Trinajstić information content (AvgIpc) is 2.36. The van der Waals surface area contributed by atoms with E-state index in [-0.39, 0.29) is 12.3 Å². The van der Waals surface area contributed by atoms with Gasteiger partial charge in [-0.2, -0.15) is 0 Å². The molecule has 21 heavy (non-hydrogen) atoms. The molecule has 0 bridgehead atoms. The smallest absolute Gasteiger partial charge is 0.271 e. The van der Waals surface area contributed by atoms with Gasteiger partial charge in [0.05, 0.1) is 13.9 Å². The average molecular weight is 426 g/mol. The van der Waals surface area contributed by atoms with Crippen molar-refractivity contribution in [1.82, 2.24) is 5.32 Å². The minimum absolute atomic E-state index is 0.0414. The summed E-state index contributed by atoms with van der Waals surface area (Å²) in [7, 11) is 0. The van der Waals surface area contributed by atoms with Crippen LogP contribution in [0.15, 0.2) is 21.1 Å².